The lowest BCUT2D eigenvalue weighted by Gasteiger charge is -2.17. The fraction of sp³-hybridized carbons (Fsp3) is 0.500. The molecule has 1 aromatic carbocycles. The molecule has 0 bridgehead atoms. The molecule has 0 atom stereocenters. The Balaban J connectivity index is 1.78. The monoisotopic (exact) mass is 351 g/mol. The van der Waals surface area contributed by atoms with Gasteiger partial charge in [0.2, 0.25) is 0 Å². The SMILES string of the molecule is Cc1nn(CCO)c(C)c1CN(C)CCCOc1cccc(Cl)c1. The van der Waals surface area contributed by atoms with E-state index in [1.165, 1.54) is 5.56 Å². The zero-order chi connectivity index (χ0) is 17.5. The van der Waals surface area contributed by atoms with Crippen LogP contribution in [0.5, 0.6) is 5.75 Å². The molecule has 0 aliphatic heterocycles. The number of aryl methyl sites for hydroxylation is 1. The van der Waals surface area contributed by atoms with Crippen LogP contribution >= 0.6 is 11.6 Å². The van der Waals surface area contributed by atoms with Crippen LogP contribution in [0.1, 0.15) is 23.4 Å². The van der Waals surface area contributed by atoms with E-state index in [1.54, 1.807) is 0 Å². The van der Waals surface area contributed by atoms with Crippen LogP contribution in [0.4, 0.5) is 0 Å². The first kappa shape index (κ1) is 18.8. The second-order valence-electron chi connectivity index (χ2n) is 5.99. The molecule has 0 spiro atoms. The van der Waals surface area contributed by atoms with Gasteiger partial charge in [-0.2, -0.15) is 5.10 Å². The summed E-state index contributed by atoms with van der Waals surface area (Å²) in [4.78, 5) is 2.27. The first-order valence-corrected chi connectivity index (χ1v) is 8.59. The molecule has 5 nitrogen and oxygen atoms in total. The van der Waals surface area contributed by atoms with Gasteiger partial charge in [0.25, 0.3) is 0 Å². The summed E-state index contributed by atoms with van der Waals surface area (Å²) in [5.41, 5.74) is 3.40. The van der Waals surface area contributed by atoms with E-state index in [2.05, 4.69) is 24.0 Å². The summed E-state index contributed by atoms with van der Waals surface area (Å²) in [6.45, 7) is 7.17. The quantitative estimate of drug-likeness (QED) is 0.705. The van der Waals surface area contributed by atoms with Crippen molar-refractivity contribution in [2.24, 2.45) is 0 Å². The molecule has 0 unspecified atom stereocenters. The van der Waals surface area contributed by atoms with Crippen LogP contribution in [0.25, 0.3) is 0 Å². The van der Waals surface area contributed by atoms with Crippen molar-refractivity contribution in [3.8, 4) is 5.75 Å². The van der Waals surface area contributed by atoms with Crippen LogP contribution in [0.15, 0.2) is 24.3 Å². The van der Waals surface area contributed by atoms with Gasteiger partial charge in [0, 0.05) is 29.4 Å². The summed E-state index contributed by atoms with van der Waals surface area (Å²) in [7, 11) is 2.10. The van der Waals surface area contributed by atoms with E-state index in [9.17, 15) is 0 Å². The third-order valence-electron chi connectivity index (χ3n) is 4.02. The highest BCUT2D eigenvalue weighted by Crippen LogP contribution is 2.18. The standard InChI is InChI=1S/C18H26ClN3O2/c1-14-18(15(2)22(20-14)9-10-23)13-21(3)8-5-11-24-17-7-4-6-16(19)12-17/h4,6-7,12,23H,5,8-11,13H2,1-3H3. The number of halogens is 1. The molecule has 1 aromatic heterocycles. The van der Waals surface area contributed by atoms with E-state index >= 15 is 0 Å². The van der Waals surface area contributed by atoms with Gasteiger partial charge in [-0.3, -0.25) is 4.68 Å². The zero-order valence-electron chi connectivity index (χ0n) is 14.6. The maximum atomic E-state index is 9.09. The molecule has 0 aliphatic carbocycles. The molecule has 6 heteroatoms. The largest absolute Gasteiger partial charge is 0.493 e. The minimum absolute atomic E-state index is 0.109. The van der Waals surface area contributed by atoms with Crippen molar-refractivity contribution in [1.82, 2.24) is 14.7 Å². The number of ether oxygens (including phenoxy) is 1. The van der Waals surface area contributed by atoms with E-state index in [1.807, 2.05) is 35.9 Å². The third kappa shape index (κ3) is 5.23. The summed E-state index contributed by atoms with van der Waals surface area (Å²) in [6.07, 6.45) is 0.936. The zero-order valence-corrected chi connectivity index (χ0v) is 15.4. The van der Waals surface area contributed by atoms with E-state index in [0.717, 1.165) is 36.6 Å². The minimum atomic E-state index is 0.109. The van der Waals surface area contributed by atoms with Crippen molar-refractivity contribution in [3.05, 3.63) is 46.2 Å². The van der Waals surface area contributed by atoms with E-state index in [0.29, 0.717) is 18.2 Å². The van der Waals surface area contributed by atoms with Gasteiger partial charge < -0.3 is 14.7 Å². The predicted octanol–water partition coefficient (Wildman–Crippen LogP) is 3.05. The topological polar surface area (TPSA) is 50.5 Å². The first-order valence-electron chi connectivity index (χ1n) is 8.22. The van der Waals surface area contributed by atoms with Crippen LogP contribution < -0.4 is 4.74 Å². The lowest BCUT2D eigenvalue weighted by atomic mass is 10.2. The second-order valence-corrected chi connectivity index (χ2v) is 6.43. The van der Waals surface area contributed by atoms with Gasteiger partial charge in [-0.05, 0) is 45.5 Å². The number of aliphatic hydroxyl groups is 1. The number of aromatic nitrogens is 2. The molecule has 0 saturated carbocycles. The van der Waals surface area contributed by atoms with Gasteiger partial charge in [0.15, 0.2) is 0 Å². The molecule has 1 N–H and O–H groups in total. The highest BCUT2D eigenvalue weighted by molar-refractivity contribution is 6.30. The van der Waals surface area contributed by atoms with Crippen molar-refractivity contribution < 1.29 is 9.84 Å². The minimum Gasteiger partial charge on any atom is -0.493 e. The summed E-state index contributed by atoms with van der Waals surface area (Å²) in [5.74, 6) is 0.808. The highest BCUT2D eigenvalue weighted by atomic mass is 35.5. The number of hydrogen-bond acceptors (Lipinski definition) is 4. The number of nitrogens with zero attached hydrogens (tertiary/aromatic N) is 3. The molecular formula is C18H26ClN3O2. The Bertz CT molecular complexity index is 658. The summed E-state index contributed by atoms with van der Waals surface area (Å²) < 4.78 is 7.59. The average molecular weight is 352 g/mol. The molecule has 0 aliphatic rings. The van der Waals surface area contributed by atoms with Crippen LogP contribution in [0, 0.1) is 13.8 Å². The fourth-order valence-electron chi connectivity index (χ4n) is 2.71. The van der Waals surface area contributed by atoms with Gasteiger partial charge in [0.1, 0.15) is 5.75 Å². The molecule has 1 heterocycles. The Labute approximate surface area is 148 Å². The van der Waals surface area contributed by atoms with Gasteiger partial charge in [-0.15, -0.1) is 0 Å². The van der Waals surface area contributed by atoms with Crippen LogP contribution in [0.2, 0.25) is 5.02 Å². The van der Waals surface area contributed by atoms with Crippen LogP contribution in [-0.4, -0.2) is 46.6 Å². The van der Waals surface area contributed by atoms with E-state index in [4.69, 9.17) is 21.4 Å². The van der Waals surface area contributed by atoms with Gasteiger partial charge >= 0.3 is 0 Å². The van der Waals surface area contributed by atoms with E-state index < -0.39 is 0 Å². The molecule has 24 heavy (non-hydrogen) atoms. The third-order valence-corrected chi connectivity index (χ3v) is 4.26. The van der Waals surface area contributed by atoms with Gasteiger partial charge in [-0.25, -0.2) is 0 Å². The van der Waals surface area contributed by atoms with Crippen LogP contribution in [0.3, 0.4) is 0 Å². The van der Waals surface area contributed by atoms with Crippen molar-refractivity contribution in [3.63, 3.8) is 0 Å². The molecule has 132 valence electrons. The fourth-order valence-corrected chi connectivity index (χ4v) is 2.89. The highest BCUT2D eigenvalue weighted by Gasteiger charge is 2.13. The Morgan fingerprint density at radius 2 is 2.12 bits per heavy atom. The molecule has 0 radical (unpaired) electrons. The molecule has 0 amide bonds. The second kappa shape index (κ2) is 9.06. The number of hydrogen-bond donors (Lipinski definition) is 1. The lowest BCUT2D eigenvalue weighted by Crippen LogP contribution is -2.21. The lowest BCUT2D eigenvalue weighted by molar-refractivity contribution is 0.257. The number of aliphatic hydroxyl groups excluding tert-OH is 1. The maximum absolute atomic E-state index is 9.09. The molecule has 0 saturated heterocycles. The summed E-state index contributed by atoms with van der Waals surface area (Å²) in [5, 5.41) is 14.3. The normalized spacial score (nSPS) is 11.2. The van der Waals surface area contributed by atoms with Crippen molar-refractivity contribution in [2.45, 2.75) is 33.4 Å². The predicted molar refractivity (Wildman–Crippen MR) is 96.7 cm³/mol. The maximum Gasteiger partial charge on any atom is 0.120 e. The number of benzene rings is 1. The van der Waals surface area contributed by atoms with Crippen molar-refractivity contribution in [1.29, 1.82) is 0 Å². The molecule has 0 fully saturated rings. The van der Waals surface area contributed by atoms with Gasteiger partial charge in [0.05, 0.1) is 25.5 Å². The van der Waals surface area contributed by atoms with Crippen molar-refractivity contribution >= 4 is 11.6 Å². The Morgan fingerprint density at radius 1 is 1.33 bits per heavy atom. The Morgan fingerprint density at radius 3 is 2.83 bits per heavy atom. The van der Waals surface area contributed by atoms with Gasteiger partial charge in [-0.1, -0.05) is 17.7 Å². The Hall–Kier alpha value is -1.56. The van der Waals surface area contributed by atoms with Crippen molar-refractivity contribution in [2.75, 3.05) is 26.8 Å². The average Bonchev–Trinajstić information content (AvgIpc) is 2.80. The summed E-state index contributed by atoms with van der Waals surface area (Å²) >= 11 is 5.94. The molecular weight excluding hydrogens is 326 g/mol. The summed E-state index contributed by atoms with van der Waals surface area (Å²) in [6, 6.07) is 7.47. The molecule has 2 aromatic rings. The molecule has 2 rings (SSSR count). The Kier molecular flexibility index (Phi) is 7.09. The first-order chi connectivity index (χ1) is 11.5. The van der Waals surface area contributed by atoms with Crippen LogP contribution in [-0.2, 0) is 13.1 Å². The number of rotatable bonds is 9. The smallest absolute Gasteiger partial charge is 0.120 e. The van der Waals surface area contributed by atoms with E-state index in [-0.39, 0.29) is 6.61 Å².